The van der Waals surface area contributed by atoms with Gasteiger partial charge in [0.1, 0.15) is 5.82 Å². The van der Waals surface area contributed by atoms with Crippen LogP contribution in [0.2, 0.25) is 0 Å². The smallest absolute Gasteiger partial charge is 0.165 e. The minimum absolute atomic E-state index is 0.0644. The number of halogens is 2. The zero-order valence-electron chi connectivity index (χ0n) is 10.5. The van der Waals surface area contributed by atoms with Crippen molar-refractivity contribution in [2.45, 2.75) is 38.6 Å². The van der Waals surface area contributed by atoms with Gasteiger partial charge in [-0.3, -0.25) is 0 Å². The van der Waals surface area contributed by atoms with Gasteiger partial charge in [0, 0.05) is 11.6 Å². The number of nitrogens with two attached hydrogens (primary N) is 1. The summed E-state index contributed by atoms with van der Waals surface area (Å²) in [5.41, 5.74) is 5.92. The second-order valence-electron chi connectivity index (χ2n) is 4.92. The molecule has 0 saturated carbocycles. The van der Waals surface area contributed by atoms with Crippen molar-refractivity contribution in [2.75, 3.05) is 7.11 Å². The highest BCUT2D eigenvalue weighted by Crippen LogP contribution is 2.23. The summed E-state index contributed by atoms with van der Waals surface area (Å²) in [6, 6.07) is 2.27. The van der Waals surface area contributed by atoms with Crippen LogP contribution in [-0.2, 0) is 6.42 Å². The quantitative estimate of drug-likeness (QED) is 0.862. The van der Waals surface area contributed by atoms with Crippen LogP contribution in [0.25, 0.3) is 0 Å². The van der Waals surface area contributed by atoms with Crippen molar-refractivity contribution >= 4 is 0 Å². The van der Waals surface area contributed by atoms with Gasteiger partial charge in [-0.15, -0.1) is 0 Å². The van der Waals surface area contributed by atoms with Crippen molar-refractivity contribution in [3.63, 3.8) is 0 Å². The van der Waals surface area contributed by atoms with Gasteiger partial charge in [-0.1, -0.05) is 0 Å². The molecule has 0 atom stereocenters. The lowest BCUT2D eigenvalue weighted by atomic mass is 9.96. The Kier molecular flexibility index (Phi) is 4.46. The molecule has 0 fully saturated rings. The van der Waals surface area contributed by atoms with Crippen molar-refractivity contribution in [2.24, 2.45) is 5.73 Å². The van der Waals surface area contributed by atoms with E-state index in [0.717, 1.165) is 18.9 Å². The maximum Gasteiger partial charge on any atom is 0.165 e. The first-order valence-electron chi connectivity index (χ1n) is 5.64. The van der Waals surface area contributed by atoms with Crippen molar-refractivity contribution < 1.29 is 13.5 Å². The van der Waals surface area contributed by atoms with Gasteiger partial charge in [-0.2, -0.15) is 0 Å². The molecular weight excluding hydrogens is 224 g/mol. The summed E-state index contributed by atoms with van der Waals surface area (Å²) in [5.74, 6) is -1.03. The zero-order valence-corrected chi connectivity index (χ0v) is 10.5. The van der Waals surface area contributed by atoms with Crippen LogP contribution in [0, 0.1) is 11.6 Å². The first-order valence-corrected chi connectivity index (χ1v) is 5.64. The van der Waals surface area contributed by atoms with Gasteiger partial charge < -0.3 is 10.5 Å². The van der Waals surface area contributed by atoms with E-state index in [1.165, 1.54) is 13.2 Å². The average Bonchev–Trinajstić information content (AvgIpc) is 2.20. The van der Waals surface area contributed by atoms with Crippen LogP contribution in [0.3, 0.4) is 0 Å². The second-order valence-corrected chi connectivity index (χ2v) is 4.92. The maximum absolute atomic E-state index is 13.6. The topological polar surface area (TPSA) is 35.2 Å². The molecule has 4 heteroatoms. The van der Waals surface area contributed by atoms with E-state index in [-0.39, 0.29) is 11.3 Å². The number of methoxy groups -OCH3 is 1. The molecule has 1 rings (SSSR count). The number of ether oxygens (including phenoxy) is 1. The zero-order chi connectivity index (χ0) is 13.1. The Morgan fingerprint density at radius 2 is 1.88 bits per heavy atom. The van der Waals surface area contributed by atoms with E-state index < -0.39 is 11.6 Å². The molecule has 0 spiro atoms. The molecule has 0 aromatic heterocycles. The van der Waals surface area contributed by atoms with Gasteiger partial charge in [0.2, 0.25) is 0 Å². The van der Waals surface area contributed by atoms with Gasteiger partial charge >= 0.3 is 0 Å². The lowest BCUT2D eigenvalue weighted by Crippen LogP contribution is -2.31. The third-order valence-electron chi connectivity index (χ3n) is 2.59. The fourth-order valence-corrected chi connectivity index (χ4v) is 1.65. The fourth-order valence-electron chi connectivity index (χ4n) is 1.65. The monoisotopic (exact) mass is 243 g/mol. The van der Waals surface area contributed by atoms with E-state index in [2.05, 4.69) is 0 Å². The Morgan fingerprint density at radius 1 is 1.24 bits per heavy atom. The van der Waals surface area contributed by atoms with E-state index in [4.69, 9.17) is 10.5 Å². The number of hydrogen-bond acceptors (Lipinski definition) is 2. The molecule has 0 saturated heterocycles. The van der Waals surface area contributed by atoms with Crippen LogP contribution < -0.4 is 10.5 Å². The van der Waals surface area contributed by atoms with Crippen LogP contribution in [0.15, 0.2) is 12.1 Å². The van der Waals surface area contributed by atoms with Gasteiger partial charge in [0.15, 0.2) is 11.6 Å². The third-order valence-corrected chi connectivity index (χ3v) is 2.59. The van der Waals surface area contributed by atoms with Crippen LogP contribution in [0.4, 0.5) is 8.78 Å². The molecular formula is C13H19F2NO. The minimum Gasteiger partial charge on any atom is -0.494 e. The molecule has 0 aliphatic heterocycles. The van der Waals surface area contributed by atoms with E-state index >= 15 is 0 Å². The average molecular weight is 243 g/mol. The van der Waals surface area contributed by atoms with Gasteiger partial charge in [-0.25, -0.2) is 8.78 Å². The minimum atomic E-state index is -0.532. The van der Waals surface area contributed by atoms with E-state index in [0.29, 0.717) is 12.0 Å². The van der Waals surface area contributed by atoms with Crippen LogP contribution >= 0.6 is 0 Å². The molecule has 0 unspecified atom stereocenters. The Bertz CT molecular complexity index is 386. The van der Waals surface area contributed by atoms with E-state index in [1.54, 1.807) is 0 Å². The molecule has 0 heterocycles. The standard InChI is InChI=1S/C13H19F2NO/c1-13(2,16)6-4-5-9-7-11(15)12(17-3)8-10(9)14/h7-8H,4-6,16H2,1-3H3. The molecule has 1 aromatic carbocycles. The van der Waals surface area contributed by atoms with E-state index in [1.807, 2.05) is 13.8 Å². The summed E-state index contributed by atoms with van der Waals surface area (Å²) >= 11 is 0. The lowest BCUT2D eigenvalue weighted by molar-refractivity contribution is 0.381. The highest BCUT2D eigenvalue weighted by atomic mass is 19.1. The number of hydrogen-bond donors (Lipinski definition) is 1. The summed E-state index contributed by atoms with van der Waals surface area (Å²) in [6.07, 6.45) is 1.97. The SMILES string of the molecule is COc1cc(F)c(CCCC(C)(C)N)cc1F. The second kappa shape index (κ2) is 5.45. The number of aryl methyl sites for hydroxylation is 1. The fraction of sp³-hybridized carbons (Fsp3) is 0.538. The molecule has 0 amide bonds. The molecule has 0 radical (unpaired) electrons. The summed E-state index contributed by atoms with van der Waals surface area (Å²) in [7, 11) is 1.31. The van der Waals surface area contributed by atoms with Crippen LogP contribution in [-0.4, -0.2) is 12.6 Å². The highest BCUT2D eigenvalue weighted by molar-refractivity contribution is 5.30. The highest BCUT2D eigenvalue weighted by Gasteiger charge is 2.13. The summed E-state index contributed by atoms with van der Waals surface area (Å²) in [5, 5.41) is 0. The number of rotatable bonds is 5. The van der Waals surface area contributed by atoms with E-state index in [9.17, 15) is 8.78 Å². The Morgan fingerprint density at radius 3 is 2.41 bits per heavy atom. The third kappa shape index (κ3) is 4.30. The van der Waals surface area contributed by atoms with Crippen molar-refractivity contribution in [1.82, 2.24) is 0 Å². The molecule has 0 aliphatic rings. The Hall–Kier alpha value is -1.16. The maximum atomic E-state index is 13.6. The Balaban J connectivity index is 2.69. The predicted molar refractivity (Wildman–Crippen MR) is 64.1 cm³/mol. The molecule has 0 aliphatic carbocycles. The Labute approximate surface area is 101 Å². The van der Waals surface area contributed by atoms with Crippen molar-refractivity contribution in [1.29, 1.82) is 0 Å². The first-order chi connectivity index (χ1) is 7.83. The molecule has 2 N–H and O–H groups in total. The molecule has 17 heavy (non-hydrogen) atoms. The van der Waals surface area contributed by atoms with Gasteiger partial charge in [0.25, 0.3) is 0 Å². The molecule has 96 valence electrons. The predicted octanol–water partition coefficient (Wildman–Crippen LogP) is 3.03. The molecule has 2 nitrogen and oxygen atoms in total. The largest absolute Gasteiger partial charge is 0.494 e. The first kappa shape index (κ1) is 13.9. The summed E-state index contributed by atoms with van der Waals surface area (Å²) in [4.78, 5) is 0. The van der Waals surface area contributed by atoms with Crippen molar-refractivity contribution in [3.8, 4) is 5.75 Å². The molecule has 0 bridgehead atoms. The number of benzene rings is 1. The summed E-state index contributed by atoms with van der Waals surface area (Å²) in [6.45, 7) is 3.83. The normalized spacial score (nSPS) is 11.6. The summed E-state index contributed by atoms with van der Waals surface area (Å²) < 4.78 is 31.6. The van der Waals surface area contributed by atoms with Crippen LogP contribution in [0.5, 0.6) is 5.75 Å². The van der Waals surface area contributed by atoms with Crippen molar-refractivity contribution in [3.05, 3.63) is 29.3 Å². The lowest BCUT2D eigenvalue weighted by Gasteiger charge is -2.18. The van der Waals surface area contributed by atoms with Gasteiger partial charge in [-0.05, 0) is 44.7 Å². The molecule has 1 aromatic rings. The van der Waals surface area contributed by atoms with Gasteiger partial charge in [0.05, 0.1) is 7.11 Å². The van der Waals surface area contributed by atoms with Crippen LogP contribution in [0.1, 0.15) is 32.3 Å².